The number of benzene rings is 1. The third-order valence-electron chi connectivity index (χ3n) is 1.46. The molecule has 0 aliphatic carbocycles. The summed E-state index contributed by atoms with van der Waals surface area (Å²) in [6.07, 6.45) is -1.76. The number of rotatable bonds is 4. The van der Waals surface area contributed by atoms with E-state index in [1.165, 1.54) is 24.3 Å². The Morgan fingerprint density at radius 2 is 1.71 bits per heavy atom. The molecule has 74 valence electrons. The van der Waals surface area contributed by atoms with Gasteiger partial charge in [-0.2, -0.15) is 0 Å². The monoisotopic (exact) mass is 198 g/mol. The maximum absolute atomic E-state index is 10.4. The number of hydrogen-bond acceptors (Lipinski definition) is 5. The molecule has 0 bridgehead atoms. The minimum atomic E-state index is -1.76. The van der Waals surface area contributed by atoms with Crippen LogP contribution in [-0.2, 0) is 4.84 Å². The van der Waals surface area contributed by atoms with E-state index in [-0.39, 0.29) is 5.56 Å². The average molecular weight is 198 g/mol. The molecule has 1 atom stereocenters. The summed E-state index contributed by atoms with van der Waals surface area (Å²) < 4.78 is 0. The first-order chi connectivity index (χ1) is 6.61. The first-order valence-electron chi connectivity index (χ1n) is 3.61. The van der Waals surface area contributed by atoms with Gasteiger partial charge in [0, 0.05) is 0 Å². The summed E-state index contributed by atoms with van der Waals surface area (Å²) in [5.41, 5.74) is 0.134. The normalized spacial score (nSPS) is 11.7. The Morgan fingerprint density at radius 1 is 1.14 bits per heavy atom. The standard InChI is InChI=1S/C7H6N2O5/c10-8(11)7(14-9(12)13)6-4-2-1-3-5-6/h1-5,7H. The van der Waals surface area contributed by atoms with E-state index in [1.54, 1.807) is 6.07 Å². The molecule has 7 nitrogen and oxygen atoms in total. The molecule has 0 fully saturated rings. The lowest BCUT2D eigenvalue weighted by Crippen LogP contribution is -2.17. The fourth-order valence-corrected chi connectivity index (χ4v) is 0.920. The van der Waals surface area contributed by atoms with Gasteiger partial charge >= 0.3 is 11.3 Å². The fourth-order valence-electron chi connectivity index (χ4n) is 0.920. The van der Waals surface area contributed by atoms with E-state index in [4.69, 9.17) is 0 Å². The van der Waals surface area contributed by atoms with Crippen molar-refractivity contribution in [1.82, 2.24) is 0 Å². The lowest BCUT2D eigenvalue weighted by atomic mass is 10.2. The molecule has 0 aliphatic rings. The highest BCUT2D eigenvalue weighted by Crippen LogP contribution is 2.17. The lowest BCUT2D eigenvalue weighted by Gasteiger charge is -2.05. The highest BCUT2D eigenvalue weighted by atomic mass is 17.0. The molecular weight excluding hydrogens is 192 g/mol. The number of nitrogens with zero attached hydrogens (tertiary/aromatic N) is 2. The van der Waals surface area contributed by atoms with E-state index in [2.05, 4.69) is 4.84 Å². The first kappa shape index (κ1) is 9.90. The summed E-state index contributed by atoms with van der Waals surface area (Å²) in [5, 5.41) is 19.2. The molecule has 0 radical (unpaired) electrons. The van der Waals surface area contributed by atoms with Gasteiger partial charge in [-0.1, -0.05) is 18.2 Å². The van der Waals surface area contributed by atoms with Crippen molar-refractivity contribution in [2.75, 3.05) is 0 Å². The van der Waals surface area contributed by atoms with Gasteiger partial charge in [0.05, 0.1) is 10.5 Å². The minimum absolute atomic E-state index is 0.134. The van der Waals surface area contributed by atoms with Crippen LogP contribution in [0.4, 0.5) is 0 Å². The van der Waals surface area contributed by atoms with Gasteiger partial charge in [0.2, 0.25) is 0 Å². The van der Waals surface area contributed by atoms with Gasteiger partial charge < -0.3 is 0 Å². The highest BCUT2D eigenvalue weighted by Gasteiger charge is 2.26. The molecule has 0 spiro atoms. The smallest absolute Gasteiger partial charge is 0.262 e. The topological polar surface area (TPSA) is 95.5 Å². The van der Waals surface area contributed by atoms with E-state index in [0.717, 1.165) is 0 Å². The molecule has 0 saturated heterocycles. The van der Waals surface area contributed by atoms with Crippen molar-refractivity contribution >= 4 is 0 Å². The Hall–Kier alpha value is -2.18. The molecule has 0 N–H and O–H groups in total. The zero-order chi connectivity index (χ0) is 10.6. The molecule has 0 saturated carbocycles. The Morgan fingerprint density at radius 3 is 2.14 bits per heavy atom. The van der Waals surface area contributed by atoms with Gasteiger partial charge in [-0.3, -0.25) is 10.1 Å². The van der Waals surface area contributed by atoms with Crippen LogP contribution in [0.3, 0.4) is 0 Å². The van der Waals surface area contributed by atoms with E-state index >= 15 is 0 Å². The SMILES string of the molecule is O=[N+]([O-])OC(c1ccccc1)[N+](=O)[O-]. The molecule has 1 aromatic rings. The highest BCUT2D eigenvalue weighted by molar-refractivity contribution is 5.15. The molecule has 0 aromatic heterocycles. The molecule has 1 rings (SSSR count). The van der Waals surface area contributed by atoms with Crippen LogP contribution in [-0.4, -0.2) is 10.0 Å². The van der Waals surface area contributed by atoms with Gasteiger partial charge in [0.1, 0.15) is 0 Å². The number of nitro groups is 1. The minimum Gasteiger partial charge on any atom is -0.262 e. The van der Waals surface area contributed by atoms with Crippen molar-refractivity contribution in [2.45, 2.75) is 6.23 Å². The Bertz CT molecular complexity index is 339. The van der Waals surface area contributed by atoms with Crippen molar-refractivity contribution < 1.29 is 14.8 Å². The van der Waals surface area contributed by atoms with Crippen LogP contribution >= 0.6 is 0 Å². The van der Waals surface area contributed by atoms with Crippen molar-refractivity contribution in [3.63, 3.8) is 0 Å². The predicted molar refractivity (Wildman–Crippen MR) is 44.3 cm³/mol. The molecule has 1 aromatic carbocycles. The van der Waals surface area contributed by atoms with Crippen LogP contribution in [0.5, 0.6) is 0 Å². The summed E-state index contributed by atoms with van der Waals surface area (Å²) >= 11 is 0. The molecule has 7 heteroatoms. The largest absolute Gasteiger partial charge is 0.380 e. The lowest BCUT2D eigenvalue weighted by molar-refractivity contribution is -0.831. The van der Waals surface area contributed by atoms with Gasteiger partial charge in [-0.15, -0.1) is 10.1 Å². The summed E-state index contributed by atoms with van der Waals surface area (Å²) in [5.74, 6) is 0. The Kier molecular flexibility index (Phi) is 2.95. The maximum Gasteiger partial charge on any atom is 0.380 e. The zero-order valence-corrected chi connectivity index (χ0v) is 6.90. The molecule has 14 heavy (non-hydrogen) atoms. The van der Waals surface area contributed by atoms with Crippen LogP contribution in [0.25, 0.3) is 0 Å². The summed E-state index contributed by atoms with van der Waals surface area (Å²) in [7, 11) is 0. The quantitative estimate of drug-likeness (QED) is 0.411. The van der Waals surface area contributed by atoms with Crippen molar-refractivity contribution in [1.29, 1.82) is 0 Å². The van der Waals surface area contributed by atoms with E-state index < -0.39 is 16.2 Å². The van der Waals surface area contributed by atoms with Crippen LogP contribution in [0.1, 0.15) is 11.8 Å². The molecule has 1 unspecified atom stereocenters. The molecule has 0 amide bonds. The Labute approximate surface area is 78.2 Å². The van der Waals surface area contributed by atoms with Crippen LogP contribution < -0.4 is 0 Å². The molecule has 0 aliphatic heterocycles. The number of hydrogen-bond donors (Lipinski definition) is 0. The van der Waals surface area contributed by atoms with E-state index in [9.17, 15) is 20.2 Å². The van der Waals surface area contributed by atoms with Gasteiger partial charge in [-0.05, 0) is 12.1 Å². The first-order valence-corrected chi connectivity index (χ1v) is 3.61. The second kappa shape index (κ2) is 4.17. The second-order valence-electron chi connectivity index (χ2n) is 2.38. The molecule has 0 heterocycles. The summed E-state index contributed by atoms with van der Waals surface area (Å²) in [6.45, 7) is 0. The predicted octanol–water partition coefficient (Wildman–Crippen LogP) is 1.17. The van der Waals surface area contributed by atoms with E-state index in [0.29, 0.717) is 0 Å². The maximum atomic E-state index is 10.4. The third-order valence-corrected chi connectivity index (χ3v) is 1.46. The summed E-state index contributed by atoms with van der Waals surface area (Å²) in [4.78, 5) is 23.4. The van der Waals surface area contributed by atoms with Crippen LogP contribution in [0, 0.1) is 20.2 Å². The van der Waals surface area contributed by atoms with Crippen molar-refractivity contribution in [3.8, 4) is 0 Å². The second-order valence-corrected chi connectivity index (χ2v) is 2.38. The van der Waals surface area contributed by atoms with Crippen LogP contribution in [0.2, 0.25) is 0 Å². The van der Waals surface area contributed by atoms with E-state index in [1.807, 2.05) is 0 Å². The Balaban J connectivity index is 2.89. The van der Waals surface area contributed by atoms with Gasteiger partial charge in [0.15, 0.2) is 0 Å². The van der Waals surface area contributed by atoms with Gasteiger partial charge in [0.25, 0.3) is 0 Å². The van der Waals surface area contributed by atoms with Crippen molar-refractivity contribution in [2.24, 2.45) is 0 Å². The van der Waals surface area contributed by atoms with Gasteiger partial charge in [-0.25, -0.2) is 4.84 Å². The third kappa shape index (κ3) is 2.41. The summed E-state index contributed by atoms with van der Waals surface area (Å²) in [6, 6.07) is 7.49. The average Bonchev–Trinajstić information content (AvgIpc) is 2.15. The van der Waals surface area contributed by atoms with Crippen molar-refractivity contribution in [3.05, 3.63) is 56.1 Å². The molecular formula is C7H6N2O5. The fraction of sp³-hybridized carbons (Fsp3) is 0.143. The zero-order valence-electron chi connectivity index (χ0n) is 6.90. The van der Waals surface area contributed by atoms with Crippen LogP contribution in [0.15, 0.2) is 30.3 Å².